The van der Waals surface area contributed by atoms with Gasteiger partial charge < -0.3 is 10.1 Å². The number of piperidine rings is 1. The lowest BCUT2D eigenvalue weighted by atomic mass is 9.88. The summed E-state index contributed by atoms with van der Waals surface area (Å²) in [5.41, 5.74) is -0.775. The van der Waals surface area contributed by atoms with Crippen LogP contribution in [0, 0.1) is 11.8 Å². The number of benzene rings is 2. The number of nitrogens with zero attached hydrogens (tertiary/aromatic N) is 1. The molecule has 0 bridgehead atoms. The Kier molecular flexibility index (Phi) is 9.73. The quantitative estimate of drug-likeness (QED) is 0.327. The third-order valence-corrected chi connectivity index (χ3v) is 7.58. The van der Waals surface area contributed by atoms with Crippen LogP contribution in [-0.4, -0.2) is 36.6 Å². The standard InChI is InChI=1S/C26H30F6N3O3.C3H6/c1-15(24(36)38-33)10-16-2-5-23-21(11-16)34-22(14-37-23)17-6-8-35(9-7-17)13-18-12-19(25(27,28)29)3-4-20(18)26(30,31)32;1-2-3-1/h2-5,11-12,15,17,22,34H,6-10,13-14H2,1,33H3;1-3H2/q+1;. The van der Waals surface area contributed by atoms with Crippen LogP contribution in [0.2, 0.25) is 0 Å². The zero-order valence-corrected chi connectivity index (χ0v) is 22.9. The van der Waals surface area contributed by atoms with E-state index >= 15 is 0 Å². The molecule has 2 aromatic carbocycles. The van der Waals surface area contributed by atoms with Crippen molar-refractivity contribution in [2.24, 2.45) is 11.8 Å². The van der Waals surface area contributed by atoms with Crippen LogP contribution in [0.5, 0.6) is 5.75 Å². The van der Waals surface area contributed by atoms with Crippen LogP contribution in [0.15, 0.2) is 36.4 Å². The average molecular weight is 589 g/mol. The van der Waals surface area contributed by atoms with E-state index in [1.54, 1.807) is 11.8 Å². The van der Waals surface area contributed by atoms with Gasteiger partial charge in [-0.1, -0.05) is 32.3 Å². The Bertz CT molecular complexity index is 1190. The summed E-state index contributed by atoms with van der Waals surface area (Å²) < 4.78 is 85.7. The van der Waals surface area contributed by atoms with Gasteiger partial charge in [-0.05, 0) is 79.7 Å². The number of hydrogen-bond donors (Lipinski definition) is 2. The van der Waals surface area contributed by atoms with Gasteiger partial charge in [-0.2, -0.15) is 32.2 Å². The van der Waals surface area contributed by atoms with Crippen LogP contribution >= 0.6 is 0 Å². The van der Waals surface area contributed by atoms with Crippen molar-refractivity contribution in [3.05, 3.63) is 58.7 Å². The Morgan fingerprint density at radius 1 is 1.05 bits per heavy atom. The summed E-state index contributed by atoms with van der Waals surface area (Å²) in [6.07, 6.45) is -3.17. The highest BCUT2D eigenvalue weighted by Gasteiger charge is 2.38. The van der Waals surface area contributed by atoms with Gasteiger partial charge in [-0.3, -0.25) is 9.74 Å². The number of likely N-dealkylation sites (tertiary alicyclic amines) is 1. The molecule has 0 spiro atoms. The van der Waals surface area contributed by atoms with Crippen LogP contribution in [0.3, 0.4) is 0 Å². The van der Waals surface area contributed by atoms with Crippen LogP contribution < -0.4 is 16.0 Å². The molecule has 3 aliphatic rings. The SMILES string of the molecule is C1CC1.CC(Cc1ccc2c(c1)NC(C1CCN(Cc3cc(C(F)(F)F)ccc3C(F)(F)F)CC1)CO2)C(=O)O[NH3+]. The van der Waals surface area contributed by atoms with E-state index in [0.29, 0.717) is 62.9 Å². The summed E-state index contributed by atoms with van der Waals surface area (Å²) in [6, 6.07) is 7.22. The van der Waals surface area contributed by atoms with Crippen LogP contribution in [-0.2, 0) is 35.0 Å². The fourth-order valence-corrected chi connectivity index (χ4v) is 5.13. The lowest BCUT2D eigenvalue weighted by Gasteiger charge is -2.39. The van der Waals surface area contributed by atoms with Crippen LogP contribution in [0.25, 0.3) is 0 Å². The fourth-order valence-electron chi connectivity index (χ4n) is 5.13. The molecule has 226 valence electrons. The van der Waals surface area contributed by atoms with E-state index in [2.05, 4.69) is 16.1 Å². The number of carbonyl (C=O) groups excluding carboxylic acids is 1. The van der Waals surface area contributed by atoms with E-state index in [1.165, 1.54) is 19.3 Å². The van der Waals surface area contributed by atoms with Crippen molar-refractivity contribution in [2.45, 2.75) is 70.4 Å². The predicted octanol–water partition coefficient (Wildman–Crippen LogP) is 5.86. The van der Waals surface area contributed by atoms with Gasteiger partial charge in [-0.15, -0.1) is 0 Å². The molecule has 4 N–H and O–H groups in total. The molecule has 2 unspecified atom stereocenters. The first kappa shape index (κ1) is 31.0. The molecule has 2 fully saturated rings. The number of ether oxygens (including phenoxy) is 1. The second-order valence-corrected chi connectivity index (χ2v) is 11.0. The normalized spacial score (nSPS) is 20.0. The maximum Gasteiger partial charge on any atom is 0.416 e. The highest BCUT2D eigenvalue weighted by molar-refractivity contribution is 5.71. The second-order valence-electron chi connectivity index (χ2n) is 11.0. The van der Waals surface area contributed by atoms with Gasteiger partial charge in [-0.25, -0.2) is 4.79 Å². The molecule has 0 amide bonds. The molecule has 12 heteroatoms. The van der Waals surface area contributed by atoms with Crippen molar-refractivity contribution in [1.29, 1.82) is 0 Å². The van der Waals surface area contributed by atoms with Crippen molar-refractivity contribution in [2.75, 3.05) is 25.0 Å². The molecule has 5 rings (SSSR count). The van der Waals surface area contributed by atoms with Crippen molar-refractivity contribution in [3.63, 3.8) is 0 Å². The molecule has 0 aromatic heterocycles. The largest absolute Gasteiger partial charge is 0.489 e. The number of anilines is 1. The van der Waals surface area contributed by atoms with Gasteiger partial charge in [0.1, 0.15) is 12.4 Å². The first-order chi connectivity index (χ1) is 19.3. The van der Waals surface area contributed by atoms with E-state index in [0.717, 1.165) is 11.3 Å². The van der Waals surface area contributed by atoms with Gasteiger partial charge in [0.2, 0.25) is 0 Å². The number of hydrogen-bond acceptors (Lipinski definition) is 5. The highest BCUT2D eigenvalue weighted by atomic mass is 19.4. The summed E-state index contributed by atoms with van der Waals surface area (Å²) >= 11 is 0. The zero-order valence-electron chi connectivity index (χ0n) is 22.9. The van der Waals surface area contributed by atoms with Crippen molar-refractivity contribution < 1.29 is 46.6 Å². The molecular formula is C29H36F6N3O3+. The summed E-state index contributed by atoms with van der Waals surface area (Å²) in [7, 11) is 0. The van der Waals surface area contributed by atoms with Crippen molar-refractivity contribution in [1.82, 2.24) is 4.90 Å². The van der Waals surface area contributed by atoms with E-state index in [4.69, 9.17) is 4.74 Å². The number of carbonyl (C=O) groups is 1. The minimum atomic E-state index is -4.74. The number of nitrogens with one attached hydrogen (secondary N) is 1. The Labute approximate surface area is 235 Å². The third-order valence-electron chi connectivity index (χ3n) is 7.58. The molecule has 6 nitrogen and oxygen atoms in total. The van der Waals surface area contributed by atoms with Crippen LogP contribution in [0.4, 0.5) is 32.0 Å². The molecule has 2 aromatic rings. The molecule has 1 aliphatic carbocycles. The molecule has 41 heavy (non-hydrogen) atoms. The summed E-state index contributed by atoms with van der Waals surface area (Å²) in [4.78, 5) is 18.0. The first-order valence-electron chi connectivity index (χ1n) is 13.8. The Morgan fingerprint density at radius 3 is 2.32 bits per heavy atom. The summed E-state index contributed by atoms with van der Waals surface area (Å²) in [6.45, 7) is 2.87. The zero-order chi connectivity index (χ0) is 29.8. The summed E-state index contributed by atoms with van der Waals surface area (Å²) in [5, 5.41) is 3.50. The minimum Gasteiger partial charge on any atom is -0.489 e. The number of quaternary nitrogens is 1. The maximum atomic E-state index is 13.5. The lowest BCUT2D eigenvalue weighted by molar-refractivity contribution is -0.658. The highest BCUT2D eigenvalue weighted by Crippen LogP contribution is 2.38. The molecular weight excluding hydrogens is 552 g/mol. The average Bonchev–Trinajstić information content (AvgIpc) is 3.81. The minimum absolute atomic E-state index is 0.0265. The van der Waals surface area contributed by atoms with Gasteiger partial charge in [0.25, 0.3) is 0 Å². The number of rotatable bonds is 6. The van der Waals surface area contributed by atoms with E-state index in [1.807, 2.05) is 18.2 Å². The van der Waals surface area contributed by atoms with E-state index < -0.39 is 29.4 Å². The smallest absolute Gasteiger partial charge is 0.416 e. The van der Waals surface area contributed by atoms with Gasteiger partial charge in [0.15, 0.2) is 0 Å². The van der Waals surface area contributed by atoms with Crippen molar-refractivity contribution in [3.8, 4) is 5.75 Å². The Morgan fingerprint density at radius 2 is 1.73 bits per heavy atom. The number of halogens is 6. The topological polar surface area (TPSA) is 78.4 Å². The number of fused-ring (bicyclic) bond motifs is 1. The number of alkyl halides is 6. The fraction of sp³-hybridized carbons (Fsp3) is 0.552. The predicted molar refractivity (Wildman–Crippen MR) is 139 cm³/mol. The van der Waals surface area contributed by atoms with Gasteiger partial charge in [0.05, 0.1) is 28.8 Å². The maximum absolute atomic E-state index is 13.5. The molecule has 0 radical (unpaired) electrons. The molecule has 2 aliphatic heterocycles. The molecule has 2 heterocycles. The van der Waals surface area contributed by atoms with Gasteiger partial charge in [0, 0.05) is 6.54 Å². The second kappa shape index (κ2) is 12.9. The third kappa shape index (κ3) is 8.51. The van der Waals surface area contributed by atoms with Crippen LogP contribution in [0.1, 0.15) is 61.3 Å². The molecule has 1 saturated carbocycles. The first-order valence-corrected chi connectivity index (χ1v) is 13.8. The monoisotopic (exact) mass is 588 g/mol. The Hall–Kier alpha value is -2.99. The lowest BCUT2D eigenvalue weighted by Crippen LogP contribution is -2.52. The molecule has 1 saturated heterocycles. The van der Waals surface area contributed by atoms with Crippen molar-refractivity contribution >= 4 is 11.7 Å². The summed E-state index contributed by atoms with van der Waals surface area (Å²) in [5.74, 6) is 3.27. The molecule has 2 atom stereocenters. The van der Waals surface area contributed by atoms with Gasteiger partial charge >= 0.3 is 18.3 Å². The Balaban J connectivity index is 0.00000121. The van der Waals surface area contributed by atoms with E-state index in [-0.39, 0.29) is 30.0 Å². The van der Waals surface area contributed by atoms with E-state index in [9.17, 15) is 31.1 Å².